The second-order valence-corrected chi connectivity index (χ2v) is 5.79. The lowest BCUT2D eigenvalue weighted by Gasteiger charge is -2.15. The molecule has 1 saturated heterocycles. The Kier molecular flexibility index (Phi) is 5.22. The molecule has 1 heterocycles. The Bertz CT molecular complexity index is 831. The van der Waals surface area contributed by atoms with Crippen molar-refractivity contribution in [3.8, 4) is 5.75 Å². The SMILES string of the molecule is CCC(Oc1ccccc1C=C1NC(c2ccccc2)OC1=O)C(=O)O. The van der Waals surface area contributed by atoms with Crippen molar-refractivity contribution < 1.29 is 24.2 Å². The van der Waals surface area contributed by atoms with Crippen molar-refractivity contribution in [2.24, 2.45) is 0 Å². The summed E-state index contributed by atoms with van der Waals surface area (Å²) in [6, 6.07) is 16.3. The minimum atomic E-state index is -1.03. The first-order valence-electron chi connectivity index (χ1n) is 8.31. The summed E-state index contributed by atoms with van der Waals surface area (Å²) in [5.41, 5.74) is 1.73. The van der Waals surface area contributed by atoms with E-state index in [1.807, 2.05) is 30.3 Å². The fourth-order valence-corrected chi connectivity index (χ4v) is 2.60. The standard InChI is InChI=1S/C20H19NO5/c1-2-16(19(22)23)25-17-11-7-6-10-14(17)12-15-20(24)26-18(21-15)13-8-4-3-5-9-13/h3-12,16,18,21H,2H2,1H3,(H,22,23). The van der Waals surface area contributed by atoms with Gasteiger partial charge in [0.15, 0.2) is 12.3 Å². The Hall–Kier alpha value is -3.28. The number of rotatable bonds is 6. The van der Waals surface area contributed by atoms with E-state index in [4.69, 9.17) is 9.47 Å². The van der Waals surface area contributed by atoms with Gasteiger partial charge in [-0.2, -0.15) is 0 Å². The Balaban J connectivity index is 1.84. The van der Waals surface area contributed by atoms with Crippen molar-refractivity contribution in [2.75, 3.05) is 0 Å². The average molecular weight is 353 g/mol. The molecule has 0 spiro atoms. The Morgan fingerprint density at radius 1 is 1.23 bits per heavy atom. The van der Waals surface area contributed by atoms with E-state index in [1.165, 1.54) is 0 Å². The molecule has 2 aromatic carbocycles. The van der Waals surface area contributed by atoms with E-state index in [0.717, 1.165) is 5.56 Å². The minimum absolute atomic E-state index is 0.290. The van der Waals surface area contributed by atoms with Crippen molar-refractivity contribution in [1.82, 2.24) is 5.32 Å². The van der Waals surface area contributed by atoms with Crippen LogP contribution in [0.15, 0.2) is 60.3 Å². The quantitative estimate of drug-likeness (QED) is 0.613. The lowest BCUT2D eigenvalue weighted by Crippen LogP contribution is -2.26. The van der Waals surface area contributed by atoms with Gasteiger partial charge in [0.1, 0.15) is 11.4 Å². The molecule has 0 aromatic heterocycles. The summed E-state index contributed by atoms with van der Waals surface area (Å²) in [5, 5.41) is 12.2. The summed E-state index contributed by atoms with van der Waals surface area (Å²) < 4.78 is 10.9. The number of carboxylic acid groups (broad SMARTS) is 1. The van der Waals surface area contributed by atoms with Crippen molar-refractivity contribution in [2.45, 2.75) is 25.7 Å². The summed E-state index contributed by atoms with van der Waals surface area (Å²) in [6.45, 7) is 1.74. The van der Waals surface area contributed by atoms with Crippen LogP contribution in [0.4, 0.5) is 0 Å². The summed E-state index contributed by atoms with van der Waals surface area (Å²) in [7, 11) is 0. The molecule has 134 valence electrons. The fourth-order valence-electron chi connectivity index (χ4n) is 2.60. The molecule has 26 heavy (non-hydrogen) atoms. The molecule has 1 aliphatic rings. The third-order valence-corrected chi connectivity index (χ3v) is 3.97. The molecule has 2 unspecified atom stereocenters. The number of aliphatic carboxylic acids is 1. The summed E-state index contributed by atoms with van der Waals surface area (Å²) in [6.07, 6.45) is 0.437. The van der Waals surface area contributed by atoms with Crippen molar-refractivity contribution >= 4 is 18.0 Å². The molecule has 3 rings (SSSR count). The number of hydrogen-bond donors (Lipinski definition) is 2. The van der Waals surface area contributed by atoms with E-state index >= 15 is 0 Å². The topological polar surface area (TPSA) is 84.9 Å². The number of carbonyl (C=O) groups excluding carboxylic acids is 1. The number of carbonyl (C=O) groups is 2. The third kappa shape index (κ3) is 3.85. The maximum absolute atomic E-state index is 12.2. The summed E-state index contributed by atoms with van der Waals surface area (Å²) >= 11 is 0. The van der Waals surface area contributed by atoms with Crippen molar-refractivity contribution in [1.29, 1.82) is 0 Å². The summed E-state index contributed by atoms with van der Waals surface area (Å²) in [5.74, 6) is -1.11. The monoisotopic (exact) mass is 353 g/mol. The number of ether oxygens (including phenoxy) is 2. The molecule has 2 N–H and O–H groups in total. The van der Waals surface area contributed by atoms with Crippen LogP contribution in [-0.2, 0) is 14.3 Å². The van der Waals surface area contributed by atoms with E-state index in [1.54, 1.807) is 37.3 Å². The highest BCUT2D eigenvalue weighted by molar-refractivity contribution is 5.95. The largest absolute Gasteiger partial charge is 0.479 e. The van der Waals surface area contributed by atoms with E-state index in [-0.39, 0.29) is 0 Å². The number of para-hydroxylation sites is 1. The van der Waals surface area contributed by atoms with Crippen LogP contribution >= 0.6 is 0 Å². The van der Waals surface area contributed by atoms with Gasteiger partial charge in [0.2, 0.25) is 0 Å². The minimum Gasteiger partial charge on any atom is -0.479 e. The van der Waals surface area contributed by atoms with Crippen LogP contribution in [-0.4, -0.2) is 23.1 Å². The van der Waals surface area contributed by atoms with Crippen LogP contribution in [0, 0.1) is 0 Å². The van der Waals surface area contributed by atoms with Crippen molar-refractivity contribution in [3.63, 3.8) is 0 Å². The van der Waals surface area contributed by atoms with Gasteiger partial charge < -0.3 is 19.9 Å². The molecule has 2 atom stereocenters. The second kappa shape index (κ2) is 7.74. The Morgan fingerprint density at radius 2 is 1.92 bits per heavy atom. The molecule has 0 bridgehead atoms. The highest BCUT2D eigenvalue weighted by Gasteiger charge is 2.29. The van der Waals surface area contributed by atoms with Gasteiger partial charge in [0.25, 0.3) is 0 Å². The zero-order chi connectivity index (χ0) is 18.5. The number of benzene rings is 2. The molecule has 6 heteroatoms. The predicted octanol–water partition coefficient (Wildman–Crippen LogP) is 3.11. The number of carboxylic acids is 1. The zero-order valence-electron chi connectivity index (χ0n) is 14.2. The third-order valence-electron chi connectivity index (χ3n) is 3.97. The molecular weight excluding hydrogens is 334 g/mol. The van der Waals surface area contributed by atoms with Crippen LogP contribution in [0.5, 0.6) is 5.75 Å². The summed E-state index contributed by atoms with van der Waals surface area (Å²) in [4.78, 5) is 23.4. The van der Waals surface area contributed by atoms with Gasteiger partial charge in [-0.3, -0.25) is 0 Å². The number of esters is 1. The molecule has 2 aromatic rings. The van der Waals surface area contributed by atoms with Gasteiger partial charge in [-0.1, -0.05) is 55.5 Å². The van der Waals surface area contributed by atoms with E-state index in [0.29, 0.717) is 23.4 Å². The second-order valence-electron chi connectivity index (χ2n) is 5.79. The number of nitrogens with one attached hydrogen (secondary N) is 1. The van der Waals surface area contributed by atoms with E-state index < -0.39 is 24.3 Å². The smallest absolute Gasteiger partial charge is 0.356 e. The lowest BCUT2D eigenvalue weighted by atomic mass is 10.1. The van der Waals surface area contributed by atoms with Gasteiger partial charge in [-0.25, -0.2) is 9.59 Å². The van der Waals surface area contributed by atoms with Crippen LogP contribution in [0.25, 0.3) is 6.08 Å². The molecule has 1 aliphatic heterocycles. The molecule has 0 aliphatic carbocycles. The van der Waals surface area contributed by atoms with E-state index in [9.17, 15) is 14.7 Å². The molecule has 0 saturated carbocycles. The first kappa shape index (κ1) is 17.5. The lowest BCUT2D eigenvalue weighted by molar-refractivity contribution is -0.145. The number of hydrogen-bond acceptors (Lipinski definition) is 5. The Labute approximate surface area is 151 Å². The molecule has 0 radical (unpaired) electrons. The maximum atomic E-state index is 12.2. The van der Waals surface area contributed by atoms with Crippen molar-refractivity contribution in [3.05, 3.63) is 71.4 Å². The molecule has 1 fully saturated rings. The predicted molar refractivity (Wildman–Crippen MR) is 95.2 cm³/mol. The normalized spacial score (nSPS) is 18.9. The van der Waals surface area contributed by atoms with Gasteiger partial charge in [-0.05, 0) is 18.6 Å². The maximum Gasteiger partial charge on any atom is 0.356 e. The highest BCUT2D eigenvalue weighted by Crippen LogP contribution is 2.27. The van der Waals surface area contributed by atoms with Gasteiger partial charge >= 0.3 is 11.9 Å². The van der Waals surface area contributed by atoms with E-state index in [2.05, 4.69) is 5.32 Å². The average Bonchev–Trinajstić information content (AvgIpc) is 3.02. The molecule has 0 amide bonds. The van der Waals surface area contributed by atoms with Crippen LogP contribution < -0.4 is 10.1 Å². The first-order chi connectivity index (χ1) is 12.6. The first-order valence-corrected chi connectivity index (χ1v) is 8.31. The fraction of sp³-hybridized carbons (Fsp3) is 0.200. The van der Waals surface area contributed by atoms with Gasteiger partial charge in [0.05, 0.1) is 0 Å². The van der Waals surface area contributed by atoms with Gasteiger partial charge in [-0.15, -0.1) is 0 Å². The van der Waals surface area contributed by atoms with Crippen LogP contribution in [0.3, 0.4) is 0 Å². The molecule has 6 nitrogen and oxygen atoms in total. The zero-order valence-corrected chi connectivity index (χ0v) is 14.2. The Morgan fingerprint density at radius 3 is 2.62 bits per heavy atom. The molecular formula is C20H19NO5. The number of cyclic esters (lactones) is 1. The van der Waals surface area contributed by atoms with Gasteiger partial charge in [0, 0.05) is 11.1 Å². The highest BCUT2D eigenvalue weighted by atomic mass is 16.6. The van der Waals surface area contributed by atoms with Crippen LogP contribution in [0.1, 0.15) is 30.7 Å². The van der Waals surface area contributed by atoms with Crippen LogP contribution in [0.2, 0.25) is 0 Å².